The van der Waals surface area contributed by atoms with E-state index in [2.05, 4.69) is 6.92 Å². The van der Waals surface area contributed by atoms with Gasteiger partial charge in [0.2, 0.25) is 11.8 Å². The summed E-state index contributed by atoms with van der Waals surface area (Å²) in [4.78, 5) is 25.8. The molecular formula is C14H25NO2. The smallest absolute Gasteiger partial charge is 0.234 e. The van der Waals surface area contributed by atoms with Crippen LogP contribution in [0.25, 0.3) is 0 Å². The fourth-order valence-electron chi connectivity index (χ4n) is 2.73. The Hall–Kier alpha value is -0.860. The molecule has 0 spiro atoms. The number of nitrogens with zero attached hydrogens (tertiary/aromatic N) is 1. The maximum absolute atomic E-state index is 12.3. The van der Waals surface area contributed by atoms with Crippen LogP contribution in [0.15, 0.2) is 0 Å². The van der Waals surface area contributed by atoms with Crippen molar-refractivity contribution < 1.29 is 9.59 Å². The van der Waals surface area contributed by atoms with Gasteiger partial charge in [-0.05, 0) is 19.3 Å². The first kappa shape index (κ1) is 14.2. The summed E-state index contributed by atoms with van der Waals surface area (Å²) in [6, 6.07) is 0. The lowest BCUT2D eigenvalue weighted by atomic mass is 9.86. The van der Waals surface area contributed by atoms with E-state index in [1.54, 1.807) is 7.05 Å². The number of amides is 2. The maximum atomic E-state index is 12.3. The minimum Gasteiger partial charge on any atom is -0.285 e. The second kappa shape index (κ2) is 5.65. The Morgan fingerprint density at radius 1 is 1.24 bits per heavy atom. The number of imide groups is 1. The van der Waals surface area contributed by atoms with Crippen molar-refractivity contribution in [2.24, 2.45) is 11.3 Å². The highest BCUT2D eigenvalue weighted by molar-refractivity contribution is 5.98. The van der Waals surface area contributed by atoms with Crippen LogP contribution in [0, 0.1) is 11.3 Å². The highest BCUT2D eigenvalue weighted by Gasteiger charge is 2.35. The number of hydrogen-bond donors (Lipinski definition) is 0. The van der Waals surface area contributed by atoms with Gasteiger partial charge in [0, 0.05) is 18.4 Å². The van der Waals surface area contributed by atoms with E-state index in [1.165, 1.54) is 4.90 Å². The number of rotatable bonds is 4. The predicted octanol–water partition coefficient (Wildman–Crippen LogP) is 2.99. The Bertz CT molecular complexity index is 291. The van der Waals surface area contributed by atoms with Gasteiger partial charge in [-0.2, -0.15) is 0 Å². The van der Waals surface area contributed by atoms with Crippen LogP contribution in [-0.4, -0.2) is 23.8 Å². The van der Waals surface area contributed by atoms with Gasteiger partial charge in [-0.15, -0.1) is 0 Å². The molecule has 1 saturated carbocycles. The van der Waals surface area contributed by atoms with Crippen molar-refractivity contribution in [3.63, 3.8) is 0 Å². The average molecular weight is 239 g/mol. The van der Waals surface area contributed by atoms with Crippen molar-refractivity contribution in [3.8, 4) is 0 Å². The lowest BCUT2D eigenvalue weighted by Crippen LogP contribution is -2.44. The minimum atomic E-state index is -0.419. The van der Waals surface area contributed by atoms with Crippen LogP contribution in [0.5, 0.6) is 0 Å². The van der Waals surface area contributed by atoms with Crippen molar-refractivity contribution in [2.45, 2.75) is 59.3 Å². The molecule has 0 atom stereocenters. The van der Waals surface area contributed by atoms with E-state index in [9.17, 15) is 9.59 Å². The number of carbonyl (C=O) groups is 2. The molecule has 0 aromatic carbocycles. The molecule has 3 nitrogen and oxygen atoms in total. The van der Waals surface area contributed by atoms with Crippen LogP contribution in [0.4, 0.5) is 0 Å². The summed E-state index contributed by atoms with van der Waals surface area (Å²) in [5, 5.41) is 0. The van der Waals surface area contributed by atoms with Crippen LogP contribution in [0.1, 0.15) is 59.3 Å². The minimum absolute atomic E-state index is 0.0247. The second-order valence-corrected chi connectivity index (χ2v) is 5.82. The predicted molar refractivity (Wildman–Crippen MR) is 68.4 cm³/mol. The molecule has 1 fully saturated rings. The standard InChI is InChI=1S/C14H25NO2/c1-5-10-14(2,3)13(17)15(4)12(16)11-8-6-7-9-11/h11H,5-10H2,1-4H3. The number of hydrogen-bond acceptors (Lipinski definition) is 2. The van der Waals surface area contributed by atoms with Crippen LogP contribution in [-0.2, 0) is 9.59 Å². The van der Waals surface area contributed by atoms with Gasteiger partial charge in [0.15, 0.2) is 0 Å². The fourth-order valence-corrected chi connectivity index (χ4v) is 2.73. The normalized spacial score (nSPS) is 17.2. The second-order valence-electron chi connectivity index (χ2n) is 5.82. The van der Waals surface area contributed by atoms with Gasteiger partial charge in [-0.3, -0.25) is 14.5 Å². The molecule has 0 radical (unpaired) electrons. The maximum Gasteiger partial charge on any atom is 0.234 e. The number of carbonyl (C=O) groups excluding carboxylic acids is 2. The molecular weight excluding hydrogens is 214 g/mol. The monoisotopic (exact) mass is 239 g/mol. The molecule has 0 N–H and O–H groups in total. The van der Waals surface area contributed by atoms with Gasteiger partial charge in [-0.25, -0.2) is 0 Å². The van der Waals surface area contributed by atoms with Gasteiger partial charge in [-0.1, -0.05) is 40.0 Å². The van der Waals surface area contributed by atoms with Crippen molar-refractivity contribution in [1.29, 1.82) is 0 Å². The molecule has 1 aliphatic carbocycles. The molecule has 1 rings (SSSR count). The third-order valence-electron chi connectivity index (χ3n) is 3.79. The molecule has 98 valence electrons. The van der Waals surface area contributed by atoms with Crippen LogP contribution in [0.3, 0.4) is 0 Å². The SMILES string of the molecule is CCCC(C)(C)C(=O)N(C)C(=O)C1CCCC1. The average Bonchev–Trinajstić information content (AvgIpc) is 2.79. The van der Waals surface area contributed by atoms with Crippen molar-refractivity contribution in [2.75, 3.05) is 7.05 Å². The Morgan fingerprint density at radius 2 is 1.76 bits per heavy atom. The van der Waals surface area contributed by atoms with Gasteiger partial charge in [0.25, 0.3) is 0 Å². The van der Waals surface area contributed by atoms with Crippen molar-refractivity contribution >= 4 is 11.8 Å². The topological polar surface area (TPSA) is 37.4 Å². The lowest BCUT2D eigenvalue weighted by Gasteiger charge is -2.29. The zero-order valence-electron chi connectivity index (χ0n) is 11.6. The fraction of sp³-hybridized carbons (Fsp3) is 0.857. The zero-order chi connectivity index (χ0) is 13.1. The van der Waals surface area contributed by atoms with Crippen LogP contribution in [0.2, 0.25) is 0 Å². The zero-order valence-corrected chi connectivity index (χ0v) is 11.6. The molecule has 17 heavy (non-hydrogen) atoms. The van der Waals surface area contributed by atoms with Gasteiger partial charge >= 0.3 is 0 Å². The summed E-state index contributed by atoms with van der Waals surface area (Å²) in [5.74, 6) is 0.0781. The van der Waals surface area contributed by atoms with Crippen molar-refractivity contribution in [3.05, 3.63) is 0 Å². The molecule has 0 aliphatic heterocycles. The van der Waals surface area contributed by atoms with Crippen LogP contribution >= 0.6 is 0 Å². The van der Waals surface area contributed by atoms with E-state index in [1.807, 2.05) is 13.8 Å². The van der Waals surface area contributed by atoms with E-state index >= 15 is 0 Å². The van der Waals surface area contributed by atoms with E-state index in [-0.39, 0.29) is 17.7 Å². The highest BCUT2D eigenvalue weighted by Crippen LogP contribution is 2.29. The summed E-state index contributed by atoms with van der Waals surface area (Å²) in [6.45, 7) is 5.92. The molecule has 3 heteroatoms. The first-order valence-electron chi connectivity index (χ1n) is 6.72. The summed E-state index contributed by atoms with van der Waals surface area (Å²) in [5.41, 5.74) is -0.419. The van der Waals surface area contributed by atoms with E-state index in [4.69, 9.17) is 0 Å². The Balaban J connectivity index is 2.65. The quantitative estimate of drug-likeness (QED) is 0.756. The summed E-state index contributed by atoms with van der Waals surface area (Å²) < 4.78 is 0. The largest absolute Gasteiger partial charge is 0.285 e. The summed E-state index contributed by atoms with van der Waals surface area (Å²) in [7, 11) is 1.64. The molecule has 0 aromatic heterocycles. The third-order valence-corrected chi connectivity index (χ3v) is 3.79. The van der Waals surface area contributed by atoms with E-state index < -0.39 is 5.41 Å². The lowest BCUT2D eigenvalue weighted by molar-refractivity contribution is -0.151. The summed E-state index contributed by atoms with van der Waals surface area (Å²) in [6.07, 6.45) is 5.93. The Labute approximate surface area is 105 Å². The molecule has 0 heterocycles. The van der Waals surface area contributed by atoms with Crippen LogP contribution < -0.4 is 0 Å². The Morgan fingerprint density at radius 3 is 2.24 bits per heavy atom. The first-order valence-corrected chi connectivity index (χ1v) is 6.72. The third kappa shape index (κ3) is 3.30. The molecule has 0 aromatic rings. The first-order chi connectivity index (χ1) is 7.90. The van der Waals surface area contributed by atoms with Crippen molar-refractivity contribution in [1.82, 2.24) is 4.90 Å². The summed E-state index contributed by atoms with van der Waals surface area (Å²) >= 11 is 0. The molecule has 0 saturated heterocycles. The highest BCUT2D eigenvalue weighted by atomic mass is 16.2. The van der Waals surface area contributed by atoms with Gasteiger partial charge in [0.1, 0.15) is 0 Å². The molecule has 1 aliphatic rings. The Kier molecular flexibility index (Phi) is 4.72. The molecule has 2 amide bonds. The van der Waals surface area contributed by atoms with Gasteiger partial charge < -0.3 is 0 Å². The van der Waals surface area contributed by atoms with E-state index in [0.29, 0.717) is 0 Å². The van der Waals surface area contributed by atoms with E-state index in [0.717, 1.165) is 38.5 Å². The van der Waals surface area contributed by atoms with Gasteiger partial charge in [0.05, 0.1) is 0 Å². The molecule has 0 unspecified atom stereocenters. The molecule has 0 bridgehead atoms.